The number of carbonyl (C=O) groups is 2. The highest BCUT2D eigenvalue weighted by Crippen LogP contribution is 2.16. The molecule has 2 heterocycles. The molecule has 0 bridgehead atoms. The van der Waals surface area contributed by atoms with Gasteiger partial charge in [0.15, 0.2) is 0 Å². The number of anilines is 1. The molecule has 4 rings (SSSR count). The number of amides is 2. The van der Waals surface area contributed by atoms with Crippen LogP contribution < -0.4 is 21.9 Å². The smallest absolute Gasteiger partial charge is 0.350 e. The molecule has 0 radical (unpaired) electrons. The lowest BCUT2D eigenvalue weighted by Crippen LogP contribution is -2.31. The molecule has 194 valence electrons. The average Bonchev–Trinajstić information content (AvgIpc) is 3.13. The van der Waals surface area contributed by atoms with E-state index in [0.29, 0.717) is 35.5 Å². The number of carbonyl (C=O) groups excluding carboxylic acids is 2. The first-order chi connectivity index (χ1) is 17.5. The molecule has 0 fully saturated rings. The Kier molecular flexibility index (Phi) is 7.28. The maximum Gasteiger partial charge on any atom is 0.352 e. The van der Waals surface area contributed by atoms with Crippen LogP contribution in [0.3, 0.4) is 0 Å². The van der Waals surface area contributed by atoms with Crippen LogP contribution in [0.25, 0.3) is 16.7 Å². The molecule has 37 heavy (non-hydrogen) atoms. The minimum Gasteiger partial charge on any atom is -0.350 e. The SMILES string of the molecule is Cc1cccc(NC(=O)Cn2nc3n(CCC(C)C)c(=O)c4ccc(C(=O)NC(C)C)cc4n3c2=O)c1. The topological polar surface area (TPSA) is 120 Å². The van der Waals surface area contributed by atoms with E-state index in [4.69, 9.17) is 0 Å². The largest absolute Gasteiger partial charge is 0.352 e. The van der Waals surface area contributed by atoms with Gasteiger partial charge in [-0.3, -0.25) is 19.0 Å². The summed E-state index contributed by atoms with van der Waals surface area (Å²) in [4.78, 5) is 52.4. The molecule has 0 atom stereocenters. The third-order valence-corrected chi connectivity index (χ3v) is 5.99. The predicted octanol–water partition coefficient (Wildman–Crippen LogP) is 2.94. The average molecular weight is 505 g/mol. The molecule has 2 aromatic heterocycles. The fourth-order valence-corrected chi connectivity index (χ4v) is 4.15. The van der Waals surface area contributed by atoms with Crippen LogP contribution >= 0.6 is 0 Å². The second-order valence-electron chi connectivity index (χ2n) is 9.99. The first-order valence-electron chi connectivity index (χ1n) is 12.4. The van der Waals surface area contributed by atoms with E-state index in [1.807, 2.05) is 52.8 Å². The summed E-state index contributed by atoms with van der Waals surface area (Å²) in [5, 5.41) is 10.3. The number of hydrogen-bond donors (Lipinski definition) is 2. The lowest BCUT2D eigenvalue weighted by Gasteiger charge is -2.12. The van der Waals surface area contributed by atoms with Gasteiger partial charge < -0.3 is 10.6 Å². The van der Waals surface area contributed by atoms with Gasteiger partial charge in [-0.25, -0.2) is 13.9 Å². The number of aryl methyl sites for hydroxylation is 2. The van der Waals surface area contributed by atoms with Gasteiger partial charge in [-0.05, 0) is 69.0 Å². The van der Waals surface area contributed by atoms with E-state index < -0.39 is 11.6 Å². The molecule has 0 spiro atoms. The lowest BCUT2D eigenvalue weighted by molar-refractivity contribution is -0.117. The summed E-state index contributed by atoms with van der Waals surface area (Å²) in [6.45, 7) is 9.73. The van der Waals surface area contributed by atoms with Crippen LogP contribution in [-0.2, 0) is 17.9 Å². The molecule has 0 saturated carbocycles. The third kappa shape index (κ3) is 5.47. The first-order valence-corrected chi connectivity index (χ1v) is 12.4. The predicted molar refractivity (Wildman–Crippen MR) is 143 cm³/mol. The Balaban J connectivity index is 1.84. The van der Waals surface area contributed by atoms with E-state index in [0.717, 1.165) is 10.2 Å². The Bertz CT molecular complexity index is 1610. The minimum absolute atomic E-state index is 0.0790. The van der Waals surface area contributed by atoms with E-state index >= 15 is 0 Å². The highest BCUT2D eigenvalue weighted by Gasteiger charge is 2.20. The Morgan fingerprint density at radius 1 is 1.03 bits per heavy atom. The minimum atomic E-state index is -0.570. The number of benzene rings is 2. The third-order valence-electron chi connectivity index (χ3n) is 5.99. The van der Waals surface area contributed by atoms with Crippen molar-refractivity contribution in [3.8, 4) is 0 Å². The molecule has 0 saturated heterocycles. The summed E-state index contributed by atoms with van der Waals surface area (Å²) < 4.78 is 3.82. The van der Waals surface area contributed by atoms with Crippen molar-refractivity contribution < 1.29 is 9.59 Å². The Morgan fingerprint density at radius 3 is 2.46 bits per heavy atom. The maximum absolute atomic E-state index is 13.5. The van der Waals surface area contributed by atoms with Gasteiger partial charge in [-0.2, -0.15) is 0 Å². The molecule has 4 aromatic rings. The molecule has 2 amide bonds. The van der Waals surface area contributed by atoms with Crippen molar-refractivity contribution in [2.45, 2.75) is 60.2 Å². The van der Waals surface area contributed by atoms with Gasteiger partial charge in [0, 0.05) is 23.8 Å². The Hall–Kier alpha value is -4.21. The van der Waals surface area contributed by atoms with Crippen LogP contribution in [0.4, 0.5) is 5.69 Å². The van der Waals surface area contributed by atoms with Crippen LogP contribution in [0, 0.1) is 12.8 Å². The Morgan fingerprint density at radius 2 is 1.78 bits per heavy atom. The van der Waals surface area contributed by atoms with Gasteiger partial charge in [0.1, 0.15) is 6.54 Å². The van der Waals surface area contributed by atoms with Crippen molar-refractivity contribution in [3.63, 3.8) is 0 Å². The molecular formula is C27H32N6O4. The molecule has 2 aromatic carbocycles. The number of nitrogens with zero attached hydrogens (tertiary/aromatic N) is 4. The second-order valence-corrected chi connectivity index (χ2v) is 9.99. The summed E-state index contributed by atoms with van der Waals surface area (Å²) in [5.74, 6) is -0.285. The lowest BCUT2D eigenvalue weighted by atomic mass is 10.1. The van der Waals surface area contributed by atoms with E-state index in [1.165, 1.54) is 15.0 Å². The second kappa shape index (κ2) is 10.4. The van der Waals surface area contributed by atoms with Crippen LogP contribution in [0.1, 0.15) is 50.0 Å². The van der Waals surface area contributed by atoms with E-state index in [2.05, 4.69) is 15.7 Å². The zero-order valence-corrected chi connectivity index (χ0v) is 21.7. The molecule has 0 aliphatic carbocycles. The Labute approximate surface area is 213 Å². The van der Waals surface area contributed by atoms with Gasteiger partial charge in [-0.1, -0.05) is 26.0 Å². The van der Waals surface area contributed by atoms with Crippen LogP contribution in [-0.4, -0.2) is 36.6 Å². The van der Waals surface area contributed by atoms with E-state index in [9.17, 15) is 19.2 Å². The van der Waals surface area contributed by atoms with Crippen molar-refractivity contribution in [3.05, 3.63) is 74.4 Å². The summed E-state index contributed by atoms with van der Waals surface area (Å²) >= 11 is 0. The molecular weight excluding hydrogens is 472 g/mol. The zero-order valence-electron chi connectivity index (χ0n) is 21.7. The van der Waals surface area contributed by atoms with E-state index in [-0.39, 0.29) is 35.3 Å². The van der Waals surface area contributed by atoms with Crippen LogP contribution in [0.5, 0.6) is 0 Å². The van der Waals surface area contributed by atoms with Crippen LogP contribution in [0.15, 0.2) is 52.1 Å². The van der Waals surface area contributed by atoms with Gasteiger partial charge >= 0.3 is 5.69 Å². The summed E-state index contributed by atoms with van der Waals surface area (Å²) in [5.41, 5.74) is 1.31. The van der Waals surface area contributed by atoms with Gasteiger partial charge in [0.05, 0.1) is 10.9 Å². The fourth-order valence-electron chi connectivity index (χ4n) is 4.15. The molecule has 0 aliphatic heterocycles. The highest BCUT2D eigenvalue weighted by molar-refractivity contribution is 5.98. The quantitative estimate of drug-likeness (QED) is 0.382. The first kappa shape index (κ1) is 25.9. The number of aromatic nitrogens is 4. The van der Waals surface area contributed by atoms with Gasteiger partial charge in [0.2, 0.25) is 11.7 Å². The van der Waals surface area contributed by atoms with E-state index in [1.54, 1.807) is 18.2 Å². The molecule has 2 N–H and O–H groups in total. The van der Waals surface area contributed by atoms with Crippen LogP contribution in [0.2, 0.25) is 0 Å². The summed E-state index contributed by atoms with van der Waals surface area (Å²) in [6, 6.07) is 11.9. The van der Waals surface area contributed by atoms with Gasteiger partial charge in [0.25, 0.3) is 11.5 Å². The van der Waals surface area contributed by atoms with Crippen molar-refractivity contribution in [1.29, 1.82) is 0 Å². The summed E-state index contributed by atoms with van der Waals surface area (Å²) in [7, 11) is 0. The van der Waals surface area contributed by atoms with Crippen molar-refractivity contribution >= 4 is 34.2 Å². The molecule has 0 aliphatic rings. The highest BCUT2D eigenvalue weighted by atomic mass is 16.2. The van der Waals surface area contributed by atoms with Gasteiger partial charge in [-0.15, -0.1) is 5.10 Å². The molecule has 10 nitrogen and oxygen atoms in total. The maximum atomic E-state index is 13.5. The van der Waals surface area contributed by atoms with Crippen molar-refractivity contribution in [2.24, 2.45) is 5.92 Å². The number of fused-ring (bicyclic) bond motifs is 3. The fraction of sp³-hybridized carbons (Fsp3) is 0.370. The van der Waals surface area contributed by atoms with Crippen molar-refractivity contribution in [2.75, 3.05) is 5.32 Å². The monoisotopic (exact) mass is 504 g/mol. The zero-order chi connectivity index (χ0) is 26.9. The molecule has 0 unspecified atom stereocenters. The molecule has 10 heteroatoms. The normalized spacial score (nSPS) is 11.5. The number of rotatable bonds is 8. The number of hydrogen-bond acceptors (Lipinski definition) is 5. The summed E-state index contributed by atoms with van der Waals surface area (Å²) in [6.07, 6.45) is 0.699. The number of nitrogens with one attached hydrogen (secondary N) is 2. The standard InChI is InChI=1S/C27H32N6O4/c1-16(2)11-12-31-25(36)21-10-9-19(24(35)28-17(3)4)14-22(21)33-26(31)30-32(27(33)37)15-23(34)29-20-8-6-7-18(5)13-20/h6-10,13-14,16-17H,11-12,15H2,1-5H3,(H,28,35)(H,29,34). The van der Waals surface area contributed by atoms with Crippen molar-refractivity contribution in [1.82, 2.24) is 24.1 Å².